The largest absolute Gasteiger partial charge is 0.311 e. The Morgan fingerprint density at radius 2 is 1.91 bits per heavy atom. The Labute approximate surface area is 70.4 Å². The van der Waals surface area contributed by atoms with E-state index in [0.29, 0.717) is 5.54 Å². The Balaban J connectivity index is 2.72. The lowest BCUT2D eigenvalue weighted by Gasteiger charge is -2.36. The highest BCUT2D eigenvalue weighted by molar-refractivity contribution is 4.78. The molecule has 2 heteroatoms. The second-order valence-electron chi connectivity index (χ2n) is 4.78. The van der Waals surface area contributed by atoms with E-state index in [1.54, 1.807) is 0 Å². The minimum atomic E-state index is 0.427. The summed E-state index contributed by atoms with van der Waals surface area (Å²) in [6.07, 6.45) is 0. The predicted molar refractivity (Wildman–Crippen MR) is 48.3 cm³/mol. The summed E-state index contributed by atoms with van der Waals surface area (Å²) < 4.78 is 1.13. The maximum atomic E-state index is 2.51. The van der Waals surface area contributed by atoms with Crippen molar-refractivity contribution in [1.82, 2.24) is 4.90 Å². The monoisotopic (exact) mass is 157 g/mol. The van der Waals surface area contributed by atoms with Crippen LogP contribution in [-0.4, -0.2) is 48.8 Å². The van der Waals surface area contributed by atoms with Crippen molar-refractivity contribution in [1.29, 1.82) is 0 Å². The van der Waals surface area contributed by atoms with Crippen LogP contribution in [0.25, 0.3) is 0 Å². The van der Waals surface area contributed by atoms with Crippen molar-refractivity contribution < 1.29 is 4.48 Å². The standard InChI is InChI=1S/C9H21N2/c1-6-10-7-9(2,3)11(4,5)8-10/h6-8H2,1-5H3/q+1. The lowest BCUT2D eigenvalue weighted by atomic mass is 10.0. The van der Waals surface area contributed by atoms with E-state index >= 15 is 0 Å². The summed E-state index contributed by atoms with van der Waals surface area (Å²) in [7, 11) is 4.63. The smallest absolute Gasteiger partial charge is 0.135 e. The van der Waals surface area contributed by atoms with Gasteiger partial charge in [-0.25, -0.2) is 0 Å². The molecule has 0 amide bonds. The summed E-state index contributed by atoms with van der Waals surface area (Å²) in [4.78, 5) is 2.51. The molecule has 0 aromatic rings. The number of likely N-dealkylation sites (N-methyl/N-ethyl adjacent to an activating group) is 2. The molecule has 1 fully saturated rings. The van der Waals surface area contributed by atoms with Crippen molar-refractivity contribution in [3.8, 4) is 0 Å². The topological polar surface area (TPSA) is 3.24 Å². The van der Waals surface area contributed by atoms with Crippen LogP contribution >= 0.6 is 0 Å². The number of hydrogen-bond acceptors (Lipinski definition) is 1. The van der Waals surface area contributed by atoms with Crippen LogP contribution in [0, 0.1) is 0 Å². The maximum absolute atomic E-state index is 2.51. The summed E-state index contributed by atoms with van der Waals surface area (Å²) in [5.41, 5.74) is 0.427. The molecule has 11 heavy (non-hydrogen) atoms. The molecule has 0 aromatic carbocycles. The van der Waals surface area contributed by atoms with Gasteiger partial charge in [-0.05, 0) is 13.8 Å². The zero-order valence-corrected chi connectivity index (χ0v) is 8.52. The van der Waals surface area contributed by atoms with Crippen LogP contribution in [0.5, 0.6) is 0 Å². The Morgan fingerprint density at radius 1 is 1.36 bits per heavy atom. The first-order valence-corrected chi connectivity index (χ1v) is 4.44. The second-order valence-corrected chi connectivity index (χ2v) is 4.78. The Bertz CT molecular complexity index is 134. The molecule has 0 aromatic heterocycles. The van der Waals surface area contributed by atoms with Gasteiger partial charge in [-0.15, -0.1) is 0 Å². The third kappa shape index (κ3) is 1.42. The number of nitrogens with zero attached hydrogens (tertiary/aromatic N) is 2. The summed E-state index contributed by atoms with van der Waals surface area (Å²) in [5, 5.41) is 0. The fraction of sp³-hybridized carbons (Fsp3) is 1.00. The molecular formula is C9H21N2+. The highest BCUT2D eigenvalue weighted by Crippen LogP contribution is 2.28. The molecule has 1 rings (SSSR count). The van der Waals surface area contributed by atoms with Crippen LogP contribution in [0.1, 0.15) is 20.8 Å². The van der Waals surface area contributed by atoms with E-state index in [4.69, 9.17) is 0 Å². The summed E-state index contributed by atoms with van der Waals surface area (Å²) in [6.45, 7) is 10.6. The predicted octanol–water partition coefficient (Wildman–Crippen LogP) is 1.13. The maximum Gasteiger partial charge on any atom is 0.135 e. The molecule has 1 aliphatic rings. The molecule has 0 radical (unpaired) electrons. The molecule has 0 atom stereocenters. The molecule has 0 aliphatic carbocycles. The van der Waals surface area contributed by atoms with E-state index in [1.165, 1.54) is 19.8 Å². The van der Waals surface area contributed by atoms with Gasteiger partial charge in [0, 0.05) is 6.54 Å². The van der Waals surface area contributed by atoms with Crippen molar-refractivity contribution in [2.75, 3.05) is 33.9 Å². The Hall–Kier alpha value is -0.0800. The highest BCUT2D eigenvalue weighted by atomic mass is 15.5. The molecular weight excluding hydrogens is 136 g/mol. The Kier molecular flexibility index (Phi) is 2.01. The highest BCUT2D eigenvalue weighted by Gasteiger charge is 2.45. The molecule has 0 N–H and O–H groups in total. The van der Waals surface area contributed by atoms with Crippen LogP contribution in [0.2, 0.25) is 0 Å². The van der Waals surface area contributed by atoms with Crippen LogP contribution < -0.4 is 0 Å². The zero-order chi connectivity index (χ0) is 8.70. The molecule has 66 valence electrons. The number of hydrogen-bond donors (Lipinski definition) is 0. The van der Waals surface area contributed by atoms with Crippen LogP contribution in [0.3, 0.4) is 0 Å². The molecule has 2 nitrogen and oxygen atoms in total. The van der Waals surface area contributed by atoms with Gasteiger partial charge in [-0.2, -0.15) is 0 Å². The fourth-order valence-corrected chi connectivity index (χ4v) is 1.69. The molecule has 1 aliphatic heterocycles. The van der Waals surface area contributed by atoms with Crippen molar-refractivity contribution >= 4 is 0 Å². The van der Waals surface area contributed by atoms with E-state index in [2.05, 4.69) is 39.8 Å². The third-order valence-electron chi connectivity index (χ3n) is 3.25. The fourth-order valence-electron chi connectivity index (χ4n) is 1.69. The Morgan fingerprint density at radius 3 is 2.09 bits per heavy atom. The van der Waals surface area contributed by atoms with Gasteiger partial charge in [0.05, 0.1) is 20.6 Å². The second kappa shape index (κ2) is 2.46. The van der Waals surface area contributed by atoms with Crippen molar-refractivity contribution in [3.63, 3.8) is 0 Å². The number of rotatable bonds is 1. The van der Waals surface area contributed by atoms with E-state index in [0.717, 1.165) is 4.48 Å². The summed E-state index contributed by atoms with van der Waals surface area (Å²) >= 11 is 0. The molecule has 1 saturated heterocycles. The van der Waals surface area contributed by atoms with Crippen molar-refractivity contribution in [2.45, 2.75) is 26.3 Å². The molecule has 0 bridgehead atoms. The number of quaternary nitrogens is 1. The van der Waals surface area contributed by atoms with Crippen molar-refractivity contribution in [3.05, 3.63) is 0 Å². The SMILES string of the molecule is CCN1CC(C)(C)[N+](C)(C)C1. The molecule has 0 saturated carbocycles. The van der Waals surface area contributed by atoms with Gasteiger partial charge in [0.25, 0.3) is 0 Å². The quantitative estimate of drug-likeness (QED) is 0.516. The summed E-state index contributed by atoms with van der Waals surface area (Å²) in [6, 6.07) is 0. The minimum Gasteiger partial charge on any atom is -0.311 e. The van der Waals surface area contributed by atoms with Gasteiger partial charge in [-0.3, -0.25) is 4.90 Å². The van der Waals surface area contributed by atoms with Crippen LogP contribution in [0.15, 0.2) is 0 Å². The molecule has 1 heterocycles. The van der Waals surface area contributed by atoms with E-state index in [-0.39, 0.29) is 0 Å². The van der Waals surface area contributed by atoms with Gasteiger partial charge in [0.15, 0.2) is 0 Å². The summed E-state index contributed by atoms with van der Waals surface area (Å²) in [5.74, 6) is 0. The van der Waals surface area contributed by atoms with E-state index in [9.17, 15) is 0 Å². The van der Waals surface area contributed by atoms with Crippen LogP contribution in [-0.2, 0) is 0 Å². The first-order chi connectivity index (χ1) is 4.89. The van der Waals surface area contributed by atoms with Gasteiger partial charge in [0.1, 0.15) is 12.2 Å². The normalized spacial score (nSPS) is 29.2. The minimum absolute atomic E-state index is 0.427. The molecule has 0 unspecified atom stereocenters. The first-order valence-electron chi connectivity index (χ1n) is 4.44. The zero-order valence-electron chi connectivity index (χ0n) is 8.52. The van der Waals surface area contributed by atoms with Gasteiger partial charge < -0.3 is 4.48 Å². The van der Waals surface area contributed by atoms with E-state index < -0.39 is 0 Å². The van der Waals surface area contributed by atoms with Gasteiger partial charge >= 0.3 is 0 Å². The lowest BCUT2D eigenvalue weighted by molar-refractivity contribution is -0.927. The average molecular weight is 157 g/mol. The third-order valence-corrected chi connectivity index (χ3v) is 3.25. The average Bonchev–Trinajstić information content (AvgIpc) is 2.03. The lowest BCUT2D eigenvalue weighted by Crippen LogP contribution is -2.52. The van der Waals surface area contributed by atoms with Gasteiger partial charge in [-0.1, -0.05) is 6.92 Å². The first kappa shape index (κ1) is 9.01. The van der Waals surface area contributed by atoms with Gasteiger partial charge in [0.2, 0.25) is 0 Å². The molecule has 0 spiro atoms. The van der Waals surface area contributed by atoms with E-state index in [1.807, 2.05) is 0 Å². The van der Waals surface area contributed by atoms with Crippen LogP contribution in [0.4, 0.5) is 0 Å². The van der Waals surface area contributed by atoms with Crippen molar-refractivity contribution in [2.24, 2.45) is 0 Å².